The van der Waals surface area contributed by atoms with Gasteiger partial charge in [0, 0.05) is 44.1 Å². The molecule has 0 unspecified atom stereocenters. The van der Waals surface area contributed by atoms with E-state index in [0.717, 1.165) is 11.8 Å². The summed E-state index contributed by atoms with van der Waals surface area (Å²) in [5, 5.41) is 89.4. The third-order valence-corrected chi connectivity index (χ3v) is 20.3. The molecule has 41 nitrogen and oxygen atoms in total. The average molecular weight is 1760 g/mol. The van der Waals surface area contributed by atoms with Crippen molar-refractivity contribution >= 4 is 112 Å². The SMILES string of the molecule is CC(C)C[C@@H]1NC(=O)[C@H](CC(N)=O)NC(=O)CNC(=O)[C@H](Cc2ccc(O)cc2)NC(=O)[C@H](CC(C)C)NC(=O)[C@H](CO)NC(=O)[C@H](C(C)C)NC(=O)[C@H](Cc2ccc(O)cc2)NC(=O)[C@H](Cc2ccc(O)cc2)NC(=O)[C@H](CC(C)C)NC(=O)[C@H](Cc2c[nH]cn2)NC(=O)[C@H](Cc2ccc(O)cc2)NC(=O)CSC[C@@H](C(=O)NCC(N)=O)NC(=O)CNC1=O. The number of aromatic hydroxyl groups is 4. The molecular formula is C83H113N19O22S. The van der Waals surface area contributed by atoms with Gasteiger partial charge in [0.25, 0.3) is 0 Å². The predicted molar refractivity (Wildman–Crippen MR) is 452 cm³/mol. The Morgan fingerprint density at radius 3 is 1.10 bits per heavy atom. The molecule has 0 radical (unpaired) electrons. The number of nitrogens with one attached hydrogen (secondary N) is 16. The molecule has 2 heterocycles. The maximum absolute atomic E-state index is 15.2. The molecule has 0 saturated carbocycles. The summed E-state index contributed by atoms with van der Waals surface area (Å²) in [6, 6.07) is 2.46. The highest BCUT2D eigenvalue weighted by Gasteiger charge is 2.39. The molecule has 25 N–H and O–H groups in total. The van der Waals surface area contributed by atoms with Crippen LogP contribution >= 0.6 is 11.8 Å². The van der Waals surface area contributed by atoms with E-state index < -0.39 is 229 Å². The summed E-state index contributed by atoms with van der Waals surface area (Å²) in [7, 11) is 0. The van der Waals surface area contributed by atoms with Crippen molar-refractivity contribution in [3.8, 4) is 23.0 Å². The maximum atomic E-state index is 15.2. The summed E-state index contributed by atoms with van der Waals surface area (Å²) < 4.78 is 0. The lowest BCUT2D eigenvalue weighted by atomic mass is 9.98. The van der Waals surface area contributed by atoms with Crippen LogP contribution in [0.15, 0.2) is 110 Å². The lowest BCUT2D eigenvalue weighted by molar-refractivity contribution is -0.137. The zero-order chi connectivity index (χ0) is 92.3. The first-order valence-electron chi connectivity index (χ1n) is 40.4. The van der Waals surface area contributed by atoms with Gasteiger partial charge in [0.05, 0.1) is 50.4 Å². The van der Waals surface area contributed by atoms with Gasteiger partial charge in [-0.15, -0.1) is 11.8 Å². The largest absolute Gasteiger partial charge is 0.508 e. The third-order valence-electron chi connectivity index (χ3n) is 19.2. The molecule has 17 amide bonds. The van der Waals surface area contributed by atoms with E-state index >= 15 is 19.2 Å². The quantitative estimate of drug-likeness (QED) is 0.0295. The number of thioether (sulfide) groups is 1. The molecule has 1 aliphatic rings. The number of hydrogen-bond acceptors (Lipinski definition) is 24. The zero-order valence-electron chi connectivity index (χ0n) is 70.4. The number of aliphatic hydroxyl groups excluding tert-OH is 1. The van der Waals surface area contributed by atoms with Crippen molar-refractivity contribution in [1.82, 2.24) is 89.7 Å². The summed E-state index contributed by atoms with van der Waals surface area (Å²) >= 11 is 0.740. The minimum Gasteiger partial charge on any atom is -0.508 e. The molecule has 5 aromatic rings. The number of hydrogen-bond donors (Lipinski definition) is 23. The van der Waals surface area contributed by atoms with Crippen LogP contribution in [0.5, 0.6) is 23.0 Å². The molecule has 0 spiro atoms. The number of benzene rings is 4. The standard InChI is InChI=1S/C83H113N19O22S/c1-42(2)25-55-72(113)88-37-69(111)93-65(74(115)87-35-67(85)109)39-125-40-70(112)92-59(29-47-11-19-52(105)20-12-47)77(118)100-62(32-50-34-86-41-90-50)79(120)95-56(26-43(3)4)76(117)98-60(30-48-13-21-53(106)22-14-48)78(119)99-61(31-49-15-23-54(107)24-16-49)81(122)102-71(45(7)8)83(124)101-64(38-103)82(123)96-57(27-44(5)6)75(116)97-58(28-46-9-17-51(104)18-10-46)73(114)89-36-68(110)91-63(33-66(84)108)80(121)94-55/h9-24,34,41-45,55-65,71,103-107H,25-33,35-40H2,1-8H3,(H2,84,108)(H2,85,109)(H,86,90)(H,87,115)(H,88,113)(H,89,114)(H,91,110)(H,92,112)(H,93,111)(H,94,121)(H,95,120)(H,96,123)(H,97,116)(H,98,117)(H,99,119)(H,100,118)(H,101,124)(H,102,122)/t55-,56-,57-,58-,59-,60-,61-,62-,63-,64-,65-,71-/m0/s1. The molecule has 678 valence electrons. The van der Waals surface area contributed by atoms with Gasteiger partial charge in [0.15, 0.2) is 0 Å². The number of aromatic nitrogens is 2. The molecule has 1 aliphatic heterocycles. The van der Waals surface area contributed by atoms with Gasteiger partial charge in [-0.25, -0.2) is 4.98 Å². The Bertz CT molecular complexity index is 4560. The van der Waals surface area contributed by atoms with E-state index in [1.807, 2.05) is 0 Å². The van der Waals surface area contributed by atoms with Gasteiger partial charge in [-0.05, 0) is 114 Å². The first kappa shape index (κ1) is 100. The Kier molecular flexibility index (Phi) is 39.9. The highest BCUT2D eigenvalue weighted by molar-refractivity contribution is 8.00. The van der Waals surface area contributed by atoms with E-state index in [9.17, 15) is 87.9 Å². The summed E-state index contributed by atoms with van der Waals surface area (Å²) in [5.41, 5.74) is 12.5. The smallest absolute Gasteiger partial charge is 0.245 e. The van der Waals surface area contributed by atoms with Crippen molar-refractivity contribution < 1.29 is 107 Å². The number of imidazole rings is 1. The van der Waals surface area contributed by atoms with Gasteiger partial charge in [-0.1, -0.05) is 104 Å². The number of phenolic OH excluding ortho intramolecular Hbond substituents is 4. The number of rotatable bonds is 23. The zero-order valence-corrected chi connectivity index (χ0v) is 71.2. The fourth-order valence-corrected chi connectivity index (χ4v) is 13.7. The van der Waals surface area contributed by atoms with Crippen LogP contribution in [0, 0.1) is 23.7 Å². The second-order valence-corrected chi connectivity index (χ2v) is 32.7. The molecule has 1 fully saturated rings. The Labute approximate surface area is 724 Å². The van der Waals surface area contributed by atoms with Crippen LogP contribution in [0.3, 0.4) is 0 Å². The van der Waals surface area contributed by atoms with Gasteiger partial charge in [0.2, 0.25) is 100 Å². The minimum absolute atomic E-state index is 0.120. The van der Waals surface area contributed by atoms with Gasteiger partial charge >= 0.3 is 0 Å². The number of nitrogens with zero attached hydrogens (tertiary/aromatic N) is 1. The van der Waals surface area contributed by atoms with Crippen LogP contribution in [0.4, 0.5) is 0 Å². The Balaban J connectivity index is 1.42. The number of amides is 17. The molecule has 1 aromatic heterocycles. The molecule has 4 aromatic carbocycles. The molecule has 1 saturated heterocycles. The van der Waals surface area contributed by atoms with Crippen LogP contribution < -0.4 is 91.2 Å². The summed E-state index contributed by atoms with van der Waals surface area (Å²) in [4.78, 5) is 248. The maximum Gasteiger partial charge on any atom is 0.245 e. The number of nitrogens with two attached hydrogens (primary N) is 2. The van der Waals surface area contributed by atoms with Gasteiger partial charge in [-0.3, -0.25) is 81.5 Å². The van der Waals surface area contributed by atoms with Crippen molar-refractivity contribution in [1.29, 1.82) is 0 Å². The van der Waals surface area contributed by atoms with E-state index in [1.165, 1.54) is 123 Å². The number of primary amides is 2. The van der Waals surface area contributed by atoms with Crippen molar-refractivity contribution in [2.45, 2.75) is 186 Å². The Morgan fingerprint density at radius 2 is 0.728 bits per heavy atom. The molecule has 0 aliphatic carbocycles. The normalized spacial score (nSPS) is 22.7. The summed E-state index contributed by atoms with van der Waals surface area (Å²) in [6.07, 6.45) is -0.223. The molecule has 125 heavy (non-hydrogen) atoms. The van der Waals surface area contributed by atoms with E-state index in [1.54, 1.807) is 41.5 Å². The van der Waals surface area contributed by atoms with Crippen LogP contribution in [-0.4, -0.2) is 246 Å². The van der Waals surface area contributed by atoms with Gasteiger partial charge < -0.3 is 122 Å². The Morgan fingerprint density at radius 1 is 0.400 bits per heavy atom. The van der Waals surface area contributed by atoms with E-state index in [4.69, 9.17) is 11.5 Å². The van der Waals surface area contributed by atoms with Crippen LogP contribution in [0.25, 0.3) is 0 Å². The van der Waals surface area contributed by atoms with E-state index in [0.29, 0.717) is 22.3 Å². The van der Waals surface area contributed by atoms with Crippen LogP contribution in [-0.2, 0) is 114 Å². The second-order valence-electron chi connectivity index (χ2n) is 31.7. The highest BCUT2D eigenvalue weighted by atomic mass is 32.2. The van der Waals surface area contributed by atoms with E-state index in [-0.39, 0.29) is 91.9 Å². The monoisotopic (exact) mass is 1760 g/mol. The van der Waals surface area contributed by atoms with Crippen LogP contribution in [0.2, 0.25) is 0 Å². The van der Waals surface area contributed by atoms with Crippen molar-refractivity contribution in [3.63, 3.8) is 0 Å². The number of phenols is 4. The van der Waals surface area contributed by atoms with Gasteiger partial charge in [0.1, 0.15) is 95.5 Å². The van der Waals surface area contributed by atoms with Crippen LogP contribution in [0.1, 0.15) is 109 Å². The second kappa shape index (κ2) is 49.6. The number of carbonyl (C=O) groups is 17. The number of carbonyl (C=O) groups excluding carboxylic acids is 17. The molecule has 12 atom stereocenters. The molecule has 0 bridgehead atoms. The number of aromatic amines is 1. The summed E-state index contributed by atoms with van der Waals surface area (Å²) in [6.45, 7) is 9.53. The molecule has 6 rings (SSSR count). The first-order valence-corrected chi connectivity index (χ1v) is 41.6. The molecule has 42 heteroatoms. The number of aliphatic hydroxyl groups is 1. The lowest BCUT2D eigenvalue weighted by Crippen LogP contribution is -2.62. The lowest BCUT2D eigenvalue weighted by Gasteiger charge is -2.29. The fourth-order valence-electron chi connectivity index (χ4n) is 12.9. The topological polar surface area (TPSA) is 653 Å². The number of H-pyrrole nitrogens is 1. The summed E-state index contributed by atoms with van der Waals surface area (Å²) in [5.74, 6) is -21.1. The molecular weight excluding hydrogens is 1650 g/mol. The first-order chi connectivity index (χ1) is 59.1. The van der Waals surface area contributed by atoms with Crippen molar-refractivity contribution in [2.75, 3.05) is 37.7 Å². The average Bonchev–Trinajstić information content (AvgIpc) is 1.13. The van der Waals surface area contributed by atoms with E-state index in [2.05, 4.69) is 89.7 Å². The third kappa shape index (κ3) is 35.2. The fraction of sp³-hybridized carbons (Fsp3) is 0.470. The highest BCUT2D eigenvalue weighted by Crippen LogP contribution is 2.20. The van der Waals surface area contributed by atoms with Gasteiger partial charge in [-0.2, -0.15) is 0 Å². The van der Waals surface area contributed by atoms with Crippen molar-refractivity contribution in [2.24, 2.45) is 35.1 Å². The Hall–Kier alpha value is -13.4. The van der Waals surface area contributed by atoms with Crippen molar-refractivity contribution in [3.05, 3.63) is 138 Å². The minimum atomic E-state index is -1.86. The predicted octanol–water partition coefficient (Wildman–Crippen LogP) is -4.19.